The Morgan fingerprint density at radius 1 is 0.413 bits per heavy atom. The fourth-order valence-electron chi connectivity index (χ4n) is 16.9. The van der Waals surface area contributed by atoms with Crippen LogP contribution in [0.25, 0.3) is 66.1 Å². The molecule has 40 heteroatoms. The molecule has 15 rings (SSSR count). The van der Waals surface area contributed by atoms with E-state index in [1.807, 2.05) is 13.8 Å². The molecule has 6 aliphatic rings. The maximum atomic E-state index is 15.1. The number of aromatic nitrogens is 6. The maximum Gasteiger partial charge on any atom is 0.417 e. The van der Waals surface area contributed by atoms with Gasteiger partial charge < -0.3 is 46.6 Å². The van der Waals surface area contributed by atoms with Crippen LogP contribution >= 0.6 is 58.5 Å². The van der Waals surface area contributed by atoms with Crippen molar-refractivity contribution in [1.82, 2.24) is 43.4 Å². The summed E-state index contributed by atoms with van der Waals surface area (Å²) in [5.74, 6) is -5.39. The van der Waals surface area contributed by atoms with Gasteiger partial charge in [-0.15, -0.1) is 35.3 Å². The first-order valence-corrected chi connectivity index (χ1v) is 41.4. The van der Waals surface area contributed by atoms with Gasteiger partial charge in [-0.25, -0.2) is 36.3 Å². The van der Waals surface area contributed by atoms with Gasteiger partial charge in [-0.3, -0.25) is 28.1 Å². The molecule has 9 heterocycles. The molecule has 3 unspecified atom stereocenters. The number of nitrogens with two attached hydrogens (primary N) is 3. The van der Waals surface area contributed by atoms with E-state index in [1.165, 1.54) is 38.0 Å². The summed E-state index contributed by atoms with van der Waals surface area (Å²) in [6, 6.07) is 5.87. The number of hydrogen-bond donors (Lipinski definition) is 3. The standard InChI is InChI=1S/C27H25ClF5N5O2S.C27H26ClF4N5O2S.C27H26F5N5O2S/c1-4-21(39)38-12(2)8-36(9-13(38)3)25-16-5-17(27(31,32)33)22(15-6-18(28)20(30)7-19(15)29)24-23(16)37(26(40)35-25)10-14(34)11-41-24;1-4-21(38)37-13(2)9-35(10-14(37)3)25-17-8-18(27(30,31)32)22(15-5-6-20(29)19(28)7-15)24-23(17)36(26(39)34-25)11-16(33)12-40-24;1-4-21(38)37-13(2)9-35(10-14(37)3)25-18-8-19(27(30,31)32)22(17-6-5-15(28)7-20(17)29)24-23(18)36(26(39)34-25)11-16(33)12-40-24/h4-7,12-14H,1,8-11,34H2,2-3H3;2*4-8,13-14,16H,1,9-12,33H2,2-3H3/t12-,13+,14?;2*13-,14+,16?. The molecule has 642 valence electrons. The van der Waals surface area contributed by atoms with Crippen molar-refractivity contribution in [3.05, 3.63) is 192 Å². The molecule has 0 radical (unpaired) electrons. The highest BCUT2D eigenvalue weighted by Crippen LogP contribution is 2.54. The SMILES string of the molecule is C=CC(=O)N1[C@H](C)CN(c2nc(=O)n3c4c(c(-c5cc(Cl)c(F)cc5F)c(C(F)(F)F)cc24)SCC(N)C3)C[C@@H]1C.C=CC(=O)N1[C@H](C)CN(c2nc(=O)n3c4c(c(-c5ccc(F)c(Cl)c5)c(C(F)(F)F)cc24)SCC(N)C3)C[C@@H]1C.C=CC(=O)N1[C@H](C)CN(c2nc(=O)n3c4c(c(-c5ccc(F)cc5F)c(C(F)(F)F)cc24)SCC(N)C3)C[C@@H]1C. The number of nitrogens with zero attached hydrogens (tertiary/aromatic N) is 12. The zero-order valence-corrected chi connectivity index (χ0v) is 69.2. The van der Waals surface area contributed by atoms with E-state index in [0.29, 0.717) is 12.1 Å². The summed E-state index contributed by atoms with van der Waals surface area (Å²) in [6.45, 7) is 22.7. The van der Waals surface area contributed by atoms with E-state index in [2.05, 4.69) is 34.7 Å². The van der Waals surface area contributed by atoms with Crippen molar-refractivity contribution in [1.29, 1.82) is 0 Å². The second-order valence-electron chi connectivity index (χ2n) is 30.4. The van der Waals surface area contributed by atoms with Gasteiger partial charge in [0.05, 0.1) is 43.3 Å². The highest BCUT2D eigenvalue weighted by Gasteiger charge is 2.46. The van der Waals surface area contributed by atoms with Gasteiger partial charge in [0.15, 0.2) is 0 Å². The van der Waals surface area contributed by atoms with E-state index >= 15 is 8.78 Å². The molecular formula is C81H77Cl2F14N15O6S3. The van der Waals surface area contributed by atoms with Gasteiger partial charge in [0, 0.05) is 201 Å². The summed E-state index contributed by atoms with van der Waals surface area (Å²) in [5, 5.41) is -0.661. The monoisotopic (exact) mass is 1790 g/mol. The molecule has 0 spiro atoms. The molecular weight excluding hydrogens is 1710 g/mol. The Hall–Kier alpha value is -9.70. The van der Waals surface area contributed by atoms with E-state index < -0.39 is 127 Å². The summed E-state index contributed by atoms with van der Waals surface area (Å²) in [7, 11) is 0. The van der Waals surface area contributed by atoms with Gasteiger partial charge in [-0.05, 0) is 114 Å². The van der Waals surface area contributed by atoms with Crippen LogP contribution in [0.1, 0.15) is 58.2 Å². The third kappa shape index (κ3) is 17.1. The zero-order valence-electron chi connectivity index (χ0n) is 65.2. The molecule has 21 nitrogen and oxygen atoms in total. The van der Waals surface area contributed by atoms with Gasteiger partial charge >= 0.3 is 35.6 Å². The molecule has 0 saturated carbocycles. The van der Waals surface area contributed by atoms with Crippen LogP contribution in [0.2, 0.25) is 10.0 Å². The molecule has 3 saturated heterocycles. The van der Waals surface area contributed by atoms with Crippen molar-refractivity contribution < 1.29 is 75.8 Å². The number of alkyl halides is 9. The zero-order chi connectivity index (χ0) is 88.1. The lowest BCUT2D eigenvalue weighted by Crippen LogP contribution is -2.58. The third-order valence-electron chi connectivity index (χ3n) is 21.7. The van der Waals surface area contributed by atoms with Gasteiger partial charge in [0.2, 0.25) is 17.7 Å². The highest BCUT2D eigenvalue weighted by atomic mass is 35.5. The number of halogens is 16. The smallest absolute Gasteiger partial charge is 0.352 e. The summed E-state index contributed by atoms with van der Waals surface area (Å²) in [5.41, 5.74) is 11.6. The van der Waals surface area contributed by atoms with Crippen LogP contribution in [0, 0.1) is 29.1 Å². The maximum absolute atomic E-state index is 15.1. The first-order chi connectivity index (χ1) is 56.8. The topological polar surface area (TPSA) is 253 Å². The molecule has 9 aromatic rings. The van der Waals surface area contributed by atoms with Crippen LogP contribution in [0.15, 0.2) is 134 Å². The first kappa shape index (κ1) is 89.1. The van der Waals surface area contributed by atoms with Gasteiger partial charge in [-0.2, -0.15) is 54.5 Å². The highest BCUT2D eigenvalue weighted by molar-refractivity contribution is 8.00. The first-order valence-electron chi connectivity index (χ1n) is 37.7. The molecule has 6 aromatic carbocycles. The fraction of sp³-hybridized carbons (Fsp3) is 0.370. The average Bonchev–Trinajstić information content (AvgIpc) is 1.73. The Morgan fingerprint density at radius 3 is 1.05 bits per heavy atom. The van der Waals surface area contributed by atoms with Gasteiger partial charge in [0.1, 0.15) is 46.5 Å². The van der Waals surface area contributed by atoms with Crippen LogP contribution in [-0.4, -0.2) is 172 Å². The van der Waals surface area contributed by atoms with Gasteiger partial charge in [-0.1, -0.05) is 49.0 Å². The van der Waals surface area contributed by atoms with Crippen molar-refractivity contribution in [2.75, 3.05) is 71.2 Å². The Labute approximate surface area is 704 Å². The van der Waals surface area contributed by atoms with E-state index in [9.17, 15) is 81.5 Å². The van der Waals surface area contributed by atoms with Crippen LogP contribution in [0.4, 0.5) is 78.9 Å². The number of carbonyl (C=O) groups is 3. The molecule has 3 aromatic heterocycles. The molecule has 0 bridgehead atoms. The number of rotatable bonds is 9. The minimum atomic E-state index is -4.98. The quantitative estimate of drug-likeness (QED) is 0.0690. The minimum Gasteiger partial charge on any atom is -0.352 e. The largest absolute Gasteiger partial charge is 0.417 e. The molecule has 9 atom stereocenters. The van der Waals surface area contributed by atoms with Crippen LogP contribution in [0.3, 0.4) is 0 Å². The molecule has 3 amide bonds. The van der Waals surface area contributed by atoms with E-state index in [4.69, 9.17) is 40.4 Å². The van der Waals surface area contributed by atoms with Crippen molar-refractivity contribution in [2.24, 2.45) is 17.2 Å². The number of carbonyl (C=O) groups excluding carboxylic acids is 3. The molecule has 6 N–H and O–H groups in total. The Kier molecular flexibility index (Phi) is 25.2. The van der Waals surface area contributed by atoms with E-state index in [-0.39, 0.29) is 211 Å². The van der Waals surface area contributed by atoms with Crippen molar-refractivity contribution in [3.8, 4) is 33.4 Å². The molecule has 0 aliphatic carbocycles. The predicted molar refractivity (Wildman–Crippen MR) is 440 cm³/mol. The van der Waals surface area contributed by atoms with Crippen LogP contribution < -0.4 is 49.0 Å². The van der Waals surface area contributed by atoms with Crippen LogP contribution in [0.5, 0.6) is 0 Å². The second-order valence-corrected chi connectivity index (χ2v) is 34.3. The van der Waals surface area contributed by atoms with Crippen molar-refractivity contribution >= 4 is 126 Å². The molecule has 3 fully saturated rings. The van der Waals surface area contributed by atoms with E-state index in [1.54, 1.807) is 57.1 Å². The summed E-state index contributed by atoms with van der Waals surface area (Å²) in [4.78, 5) is 100. The summed E-state index contributed by atoms with van der Waals surface area (Å²) >= 11 is 14.9. The second kappa shape index (κ2) is 34.2. The lowest BCUT2D eigenvalue weighted by molar-refractivity contribution is -0.137. The number of anilines is 3. The minimum absolute atomic E-state index is 0.00621. The number of hydrogen-bond acceptors (Lipinski definition) is 18. The third-order valence-corrected chi connectivity index (χ3v) is 26.1. The Balaban J connectivity index is 0.000000157. The molecule has 121 heavy (non-hydrogen) atoms. The van der Waals surface area contributed by atoms with Crippen LogP contribution in [-0.2, 0) is 52.5 Å². The van der Waals surface area contributed by atoms with Crippen molar-refractivity contribution in [3.63, 3.8) is 0 Å². The average molecular weight is 1790 g/mol. The lowest BCUT2D eigenvalue weighted by atomic mass is 9.95. The predicted octanol–water partition coefficient (Wildman–Crippen LogP) is 14.4. The lowest BCUT2D eigenvalue weighted by Gasteiger charge is -2.44. The summed E-state index contributed by atoms with van der Waals surface area (Å²) in [6.07, 6.45) is -11.1. The summed E-state index contributed by atoms with van der Waals surface area (Å²) < 4.78 is 208. The number of benzene rings is 6. The van der Waals surface area contributed by atoms with E-state index in [0.717, 1.165) is 83.8 Å². The fourth-order valence-corrected chi connectivity index (χ4v) is 20.9. The number of amides is 3. The normalized spacial score (nSPS) is 21.4. The number of thioether (sulfide) groups is 3. The molecule has 6 aliphatic heterocycles. The Morgan fingerprint density at radius 2 is 0.727 bits per heavy atom. The van der Waals surface area contributed by atoms with Gasteiger partial charge in [0.25, 0.3) is 0 Å². The number of piperazine rings is 3. The Bertz CT molecular complexity index is 5920. The van der Waals surface area contributed by atoms with Crippen molar-refractivity contribution in [2.45, 2.75) is 149 Å².